The van der Waals surface area contributed by atoms with Gasteiger partial charge in [0.15, 0.2) is 0 Å². The van der Waals surface area contributed by atoms with Crippen LogP contribution in [-0.2, 0) is 11.2 Å². The van der Waals surface area contributed by atoms with Crippen molar-refractivity contribution in [2.24, 2.45) is 0 Å². The molecule has 1 aromatic carbocycles. The topological polar surface area (TPSA) is 54.0 Å². The summed E-state index contributed by atoms with van der Waals surface area (Å²) in [5.74, 6) is 0.811. The quantitative estimate of drug-likeness (QED) is 0.784. The lowest BCUT2D eigenvalue weighted by Crippen LogP contribution is -2.13. The van der Waals surface area contributed by atoms with E-state index in [1.807, 2.05) is 36.4 Å². The standard InChI is InChI=1S/C18H22ClN3O/c1-13(2)21-17-11-10-16(12-20-17)22-18(23)5-3-4-14-6-8-15(19)9-7-14/h6-13H,3-5H2,1-2H3,(H,20,21)(H,22,23). The SMILES string of the molecule is CC(C)Nc1ccc(NC(=O)CCCc2ccc(Cl)cc2)cn1. The minimum Gasteiger partial charge on any atom is -0.368 e. The number of anilines is 2. The maximum atomic E-state index is 11.9. The van der Waals surface area contributed by atoms with E-state index in [0.717, 1.165) is 29.4 Å². The van der Waals surface area contributed by atoms with Gasteiger partial charge in [-0.15, -0.1) is 0 Å². The minimum absolute atomic E-state index is 0.00494. The molecule has 1 aromatic heterocycles. The van der Waals surface area contributed by atoms with E-state index in [1.54, 1.807) is 6.20 Å². The summed E-state index contributed by atoms with van der Waals surface area (Å²) >= 11 is 5.85. The number of carbonyl (C=O) groups excluding carboxylic acids is 1. The van der Waals surface area contributed by atoms with Gasteiger partial charge in [0.2, 0.25) is 5.91 Å². The number of nitrogens with zero attached hydrogens (tertiary/aromatic N) is 1. The van der Waals surface area contributed by atoms with Crippen LogP contribution in [0.25, 0.3) is 0 Å². The first-order valence-electron chi connectivity index (χ1n) is 7.80. The average molecular weight is 332 g/mol. The number of amides is 1. The molecule has 1 heterocycles. The zero-order valence-corrected chi connectivity index (χ0v) is 14.2. The van der Waals surface area contributed by atoms with E-state index >= 15 is 0 Å². The van der Waals surface area contributed by atoms with Gasteiger partial charge in [-0.05, 0) is 56.5 Å². The van der Waals surface area contributed by atoms with Gasteiger partial charge in [-0.25, -0.2) is 4.98 Å². The third kappa shape index (κ3) is 6.28. The Balaban J connectivity index is 1.75. The summed E-state index contributed by atoms with van der Waals surface area (Å²) in [4.78, 5) is 16.2. The van der Waals surface area contributed by atoms with Crippen molar-refractivity contribution in [3.05, 3.63) is 53.2 Å². The molecule has 0 atom stereocenters. The zero-order chi connectivity index (χ0) is 16.7. The third-order valence-corrected chi connectivity index (χ3v) is 3.52. The molecule has 0 saturated heterocycles. The Morgan fingerprint density at radius 1 is 1.17 bits per heavy atom. The Bertz CT molecular complexity index is 624. The van der Waals surface area contributed by atoms with E-state index < -0.39 is 0 Å². The summed E-state index contributed by atoms with van der Waals surface area (Å²) in [5.41, 5.74) is 1.91. The first-order valence-corrected chi connectivity index (χ1v) is 8.17. The number of rotatable bonds is 7. The van der Waals surface area contributed by atoms with Crippen molar-refractivity contribution < 1.29 is 4.79 Å². The Morgan fingerprint density at radius 3 is 2.52 bits per heavy atom. The van der Waals surface area contributed by atoms with Gasteiger partial charge >= 0.3 is 0 Å². The fourth-order valence-corrected chi connectivity index (χ4v) is 2.30. The molecule has 5 heteroatoms. The fraction of sp³-hybridized carbons (Fsp3) is 0.333. The Hall–Kier alpha value is -2.07. The van der Waals surface area contributed by atoms with E-state index in [0.29, 0.717) is 12.5 Å². The van der Waals surface area contributed by atoms with Crippen LogP contribution < -0.4 is 10.6 Å². The number of halogens is 1. The van der Waals surface area contributed by atoms with E-state index in [-0.39, 0.29) is 5.91 Å². The lowest BCUT2D eigenvalue weighted by Gasteiger charge is -2.10. The van der Waals surface area contributed by atoms with Crippen molar-refractivity contribution in [3.63, 3.8) is 0 Å². The number of pyridine rings is 1. The van der Waals surface area contributed by atoms with Crippen LogP contribution in [0.2, 0.25) is 5.02 Å². The molecular formula is C18H22ClN3O. The summed E-state index contributed by atoms with van der Waals surface area (Å²) in [5, 5.41) is 6.81. The van der Waals surface area contributed by atoms with Gasteiger partial charge in [-0.3, -0.25) is 4.79 Å². The summed E-state index contributed by atoms with van der Waals surface area (Å²) in [7, 11) is 0. The molecule has 4 nitrogen and oxygen atoms in total. The first kappa shape index (κ1) is 17.3. The van der Waals surface area contributed by atoms with Crippen molar-refractivity contribution in [2.75, 3.05) is 10.6 Å². The maximum Gasteiger partial charge on any atom is 0.224 e. The Morgan fingerprint density at radius 2 is 1.91 bits per heavy atom. The molecule has 1 amide bonds. The molecule has 0 radical (unpaired) electrons. The predicted molar refractivity (Wildman–Crippen MR) is 96.0 cm³/mol. The van der Waals surface area contributed by atoms with Crippen molar-refractivity contribution >= 4 is 29.0 Å². The van der Waals surface area contributed by atoms with Gasteiger partial charge in [0.1, 0.15) is 5.82 Å². The molecule has 0 saturated carbocycles. The molecule has 0 aliphatic carbocycles. The molecule has 0 aliphatic rings. The second kappa shape index (κ2) is 8.53. The molecule has 2 aromatic rings. The number of aromatic nitrogens is 1. The number of benzene rings is 1. The fourth-order valence-electron chi connectivity index (χ4n) is 2.18. The molecule has 23 heavy (non-hydrogen) atoms. The Kier molecular flexibility index (Phi) is 6.41. The molecule has 0 unspecified atom stereocenters. The van der Waals surface area contributed by atoms with Crippen molar-refractivity contribution in [2.45, 2.75) is 39.2 Å². The average Bonchev–Trinajstić information content (AvgIpc) is 2.51. The smallest absolute Gasteiger partial charge is 0.224 e. The summed E-state index contributed by atoms with van der Waals surface area (Å²) < 4.78 is 0. The van der Waals surface area contributed by atoms with Crippen LogP contribution in [0, 0.1) is 0 Å². The summed E-state index contributed by atoms with van der Waals surface area (Å²) in [6.07, 6.45) is 3.81. The summed E-state index contributed by atoms with van der Waals surface area (Å²) in [6, 6.07) is 11.8. The van der Waals surface area contributed by atoms with E-state index in [2.05, 4.69) is 29.5 Å². The van der Waals surface area contributed by atoms with Crippen LogP contribution in [-0.4, -0.2) is 16.9 Å². The highest BCUT2D eigenvalue weighted by Gasteiger charge is 2.04. The number of hydrogen-bond donors (Lipinski definition) is 2. The predicted octanol–water partition coefficient (Wildman–Crippen LogP) is 4.52. The van der Waals surface area contributed by atoms with Crippen LogP contribution in [0.1, 0.15) is 32.3 Å². The first-order chi connectivity index (χ1) is 11.0. The number of hydrogen-bond acceptors (Lipinski definition) is 3. The minimum atomic E-state index is 0.00494. The van der Waals surface area contributed by atoms with Crippen LogP contribution in [0.15, 0.2) is 42.6 Å². The van der Waals surface area contributed by atoms with Crippen LogP contribution in [0.4, 0.5) is 11.5 Å². The molecule has 122 valence electrons. The van der Waals surface area contributed by atoms with E-state index in [1.165, 1.54) is 5.56 Å². The van der Waals surface area contributed by atoms with Crippen LogP contribution >= 0.6 is 11.6 Å². The molecule has 2 rings (SSSR count). The normalized spacial score (nSPS) is 10.6. The monoisotopic (exact) mass is 331 g/mol. The van der Waals surface area contributed by atoms with Gasteiger partial charge in [0.25, 0.3) is 0 Å². The number of aryl methyl sites for hydroxylation is 1. The van der Waals surface area contributed by atoms with Crippen molar-refractivity contribution in [1.82, 2.24) is 4.98 Å². The van der Waals surface area contributed by atoms with Gasteiger partial charge in [0, 0.05) is 17.5 Å². The zero-order valence-electron chi connectivity index (χ0n) is 13.5. The number of carbonyl (C=O) groups is 1. The highest BCUT2D eigenvalue weighted by molar-refractivity contribution is 6.30. The lowest BCUT2D eigenvalue weighted by molar-refractivity contribution is -0.116. The van der Waals surface area contributed by atoms with Gasteiger partial charge in [0.05, 0.1) is 11.9 Å². The largest absolute Gasteiger partial charge is 0.368 e. The van der Waals surface area contributed by atoms with E-state index in [4.69, 9.17) is 11.6 Å². The van der Waals surface area contributed by atoms with Crippen molar-refractivity contribution in [3.8, 4) is 0 Å². The molecule has 0 fully saturated rings. The molecule has 0 spiro atoms. The van der Waals surface area contributed by atoms with Crippen LogP contribution in [0.3, 0.4) is 0 Å². The molecule has 0 aliphatic heterocycles. The lowest BCUT2D eigenvalue weighted by atomic mass is 10.1. The van der Waals surface area contributed by atoms with Gasteiger partial charge < -0.3 is 10.6 Å². The maximum absolute atomic E-state index is 11.9. The highest BCUT2D eigenvalue weighted by atomic mass is 35.5. The Labute approximate surface area is 142 Å². The molecule has 2 N–H and O–H groups in total. The molecule has 0 bridgehead atoms. The summed E-state index contributed by atoms with van der Waals surface area (Å²) in [6.45, 7) is 4.11. The van der Waals surface area contributed by atoms with Crippen LogP contribution in [0.5, 0.6) is 0 Å². The molecular weight excluding hydrogens is 310 g/mol. The van der Waals surface area contributed by atoms with Gasteiger partial charge in [-0.2, -0.15) is 0 Å². The highest BCUT2D eigenvalue weighted by Crippen LogP contribution is 2.13. The second-order valence-electron chi connectivity index (χ2n) is 5.76. The second-order valence-corrected chi connectivity index (χ2v) is 6.20. The number of nitrogens with one attached hydrogen (secondary N) is 2. The third-order valence-electron chi connectivity index (χ3n) is 3.27. The van der Waals surface area contributed by atoms with Gasteiger partial charge in [-0.1, -0.05) is 23.7 Å². The van der Waals surface area contributed by atoms with Crippen molar-refractivity contribution in [1.29, 1.82) is 0 Å². The van der Waals surface area contributed by atoms with E-state index in [9.17, 15) is 4.79 Å².